The van der Waals surface area contributed by atoms with Crippen LogP contribution in [0, 0.1) is 0 Å². The number of carbonyl (C=O) groups is 1. The van der Waals surface area contributed by atoms with Crippen LogP contribution in [0.3, 0.4) is 0 Å². The summed E-state index contributed by atoms with van der Waals surface area (Å²) in [4.78, 5) is 12.0. The van der Waals surface area contributed by atoms with Gasteiger partial charge >= 0.3 is 0 Å². The van der Waals surface area contributed by atoms with Gasteiger partial charge in [0.2, 0.25) is 15.9 Å². The summed E-state index contributed by atoms with van der Waals surface area (Å²) in [6, 6.07) is 12.8. The quantitative estimate of drug-likeness (QED) is 0.516. The van der Waals surface area contributed by atoms with Gasteiger partial charge in [-0.05, 0) is 30.3 Å². The molecular weight excluding hydrogens is 416 g/mol. The Morgan fingerprint density at radius 3 is 2.52 bits per heavy atom. The number of sulfone groups is 1. The zero-order chi connectivity index (χ0) is 20.9. The predicted molar refractivity (Wildman–Crippen MR) is 109 cm³/mol. The van der Waals surface area contributed by atoms with Crippen molar-refractivity contribution in [2.45, 2.75) is 11.3 Å². The minimum absolute atomic E-state index is 0.130. The van der Waals surface area contributed by atoms with Gasteiger partial charge in [-0.3, -0.25) is 9.52 Å². The second kappa shape index (κ2) is 8.62. The van der Waals surface area contributed by atoms with E-state index in [1.165, 1.54) is 12.1 Å². The first-order valence-corrected chi connectivity index (χ1v) is 12.0. The largest absolute Gasteiger partial charge is 0.355 e. The number of carbonyl (C=O) groups excluding carboxylic acids is 1. The third-order valence-electron chi connectivity index (χ3n) is 4.07. The van der Waals surface area contributed by atoms with Crippen molar-refractivity contribution in [2.75, 3.05) is 22.8 Å². The summed E-state index contributed by atoms with van der Waals surface area (Å²) in [6.45, 7) is -0.130. The highest BCUT2D eigenvalue weighted by molar-refractivity contribution is 7.92. The van der Waals surface area contributed by atoms with Crippen molar-refractivity contribution in [3.05, 3.63) is 60.9 Å². The van der Waals surface area contributed by atoms with Crippen LogP contribution in [-0.2, 0) is 24.7 Å². The number of amides is 1. The van der Waals surface area contributed by atoms with Crippen LogP contribution in [0.15, 0.2) is 65.8 Å². The van der Waals surface area contributed by atoms with Crippen LogP contribution < -0.4 is 10.0 Å². The van der Waals surface area contributed by atoms with Gasteiger partial charge in [0, 0.05) is 25.4 Å². The van der Waals surface area contributed by atoms with E-state index >= 15 is 0 Å². The summed E-state index contributed by atoms with van der Waals surface area (Å²) in [7, 11) is -7.24. The molecule has 2 heterocycles. The summed E-state index contributed by atoms with van der Waals surface area (Å²) in [5, 5.41) is 6.47. The van der Waals surface area contributed by atoms with E-state index in [1.807, 2.05) is 0 Å². The first-order valence-electron chi connectivity index (χ1n) is 8.74. The molecular formula is C18H20N4O5S2. The molecule has 2 aromatic heterocycles. The molecule has 0 aliphatic rings. The highest BCUT2D eigenvalue weighted by Gasteiger charge is 2.17. The summed E-state index contributed by atoms with van der Waals surface area (Å²) >= 11 is 0. The van der Waals surface area contributed by atoms with E-state index in [2.05, 4.69) is 15.1 Å². The first-order chi connectivity index (χ1) is 13.8. The van der Waals surface area contributed by atoms with Crippen molar-refractivity contribution in [3.8, 4) is 0 Å². The maximum Gasteiger partial charge on any atom is 0.234 e. The molecule has 154 valence electrons. The molecule has 0 radical (unpaired) electrons. The fourth-order valence-electron chi connectivity index (χ4n) is 2.60. The van der Waals surface area contributed by atoms with Crippen LogP contribution in [0.25, 0.3) is 5.52 Å². The van der Waals surface area contributed by atoms with Gasteiger partial charge in [0.25, 0.3) is 0 Å². The molecule has 0 saturated heterocycles. The molecule has 0 aliphatic heterocycles. The maximum absolute atomic E-state index is 12.2. The monoisotopic (exact) mass is 436 g/mol. The van der Waals surface area contributed by atoms with E-state index in [0.717, 1.165) is 5.52 Å². The molecule has 0 fully saturated rings. The number of hydrogen-bond acceptors (Lipinski definition) is 6. The number of benzene rings is 1. The van der Waals surface area contributed by atoms with Crippen LogP contribution in [0.4, 0.5) is 5.69 Å². The molecule has 0 aliphatic carbocycles. The van der Waals surface area contributed by atoms with Crippen molar-refractivity contribution >= 4 is 37.0 Å². The number of sulfonamides is 1. The standard InChI is InChI=1S/C18H20N4O5S2/c23-18(8-12-28(24,25)17-4-2-1-3-5-17)19-10-13-29(26,27)21-15-7-11-22-16(14-15)6-9-20-22/h1-7,9,11,14,21H,8,10,12-13H2,(H,19,23). The summed E-state index contributed by atoms with van der Waals surface area (Å²) < 4.78 is 52.7. The Bertz CT molecular complexity index is 1210. The van der Waals surface area contributed by atoms with Crippen LogP contribution >= 0.6 is 0 Å². The van der Waals surface area contributed by atoms with Crippen molar-refractivity contribution in [1.29, 1.82) is 0 Å². The van der Waals surface area contributed by atoms with E-state index < -0.39 is 25.8 Å². The zero-order valence-electron chi connectivity index (χ0n) is 15.4. The van der Waals surface area contributed by atoms with Gasteiger partial charge in [0.1, 0.15) is 0 Å². The van der Waals surface area contributed by atoms with Gasteiger partial charge in [-0.2, -0.15) is 5.10 Å². The van der Waals surface area contributed by atoms with Crippen LogP contribution in [0.2, 0.25) is 0 Å². The van der Waals surface area contributed by atoms with Gasteiger partial charge in [-0.25, -0.2) is 21.4 Å². The highest BCUT2D eigenvalue weighted by Crippen LogP contribution is 2.13. The molecule has 1 amide bonds. The third kappa shape index (κ3) is 5.78. The number of aromatic nitrogens is 2. The normalized spacial score (nSPS) is 12.0. The summed E-state index contributed by atoms with van der Waals surface area (Å²) in [5.74, 6) is -1.21. The van der Waals surface area contributed by atoms with Crippen molar-refractivity contribution < 1.29 is 21.6 Å². The molecule has 3 aromatic rings. The molecule has 3 rings (SSSR count). The fraction of sp³-hybridized carbons (Fsp3) is 0.222. The van der Waals surface area contributed by atoms with E-state index in [0.29, 0.717) is 5.69 Å². The van der Waals surface area contributed by atoms with E-state index in [-0.39, 0.29) is 29.4 Å². The number of pyridine rings is 1. The SMILES string of the molecule is O=C(CCS(=O)(=O)c1ccccc1)NCCS(=O)(=O)Nc1ccn2nccc2c1. The maximum atomic E-state index is 12.2. The second-order valence-electron chi connectivity index (χ2n) is 6.27. The van der Waals surface area contributed by atoms with Crippen molar-refractivity contribution in [1.82, 2.24) is 14.9 Å². The van der Waals surface area contributed by atoms with Crippen molar-refractivity contribution in [3.63, 3.8) is 0 Å². The average molecular weight is 437 g/mol. The highest BCUT2D eigenvalue weighted by atomic mass is 32.2. The number of rotatable bonds is 9. The minimum atomic E-state index is -3.68. The Morgan fingerprint density at radius 1 is 1.00 bits per heavy atom. The van der Waals surface area contributed by atoms with Gasteiger partial charge < -0.3 is 5.32 Å². The van der Waals surface area contributed by atoms with Crippen LogP contribution in [0.5, 0.6) is 0 Å². The average Bonchev–Trinajstić information content (AvgIpc) is 3.14. The summed E-state index contributed by atoms with van der Waals surface area (Å²) in [6.07, 6.45) is 2.98. The van der Waals surface area contributed by atoms with Gasteiger partial charge in [-0.1, -0.05) is 18.2 Å². The molecule has 11 heteroatoms. The zero-order valence-corrected chi connectivity index (χ0v) is 17.0. The van der Waals surface area contributed by atoms with E-state index in [4.69, 9.17) is 0 Å². The van der Waals surface area contributed by atoms with Crippen molar-refractivity contribution in [2.24, 2.45) is 0 Å². The molecule has 2 N–H and O–H groups in total. The summed E-state index contributed by atoms with van der Waals surface area (Å²) in [5.41, 5.74) is 1.12. The van der Waals surface area contributed by atoms with E-state index in [1.54, 1.807) is 53.3 Å². The Morgan fingerprint density at radius 2 is 1.76 bits per heavy atom. The lowest BCUT2D eigenvalue weighted by Crippen LogP contribution is -2.32. The molecule has 0 bridgehead atoms. The smallest absolute Gasteiger partial charge is 0.234 e. The number of nitrogens with zero attached hydrogens (tertiary/aromatic N) is 2. The Labute approximate surface area is 168 Å². The number of hydrogen-bond donors (Lipinski definition) is 2. The topological polar surface area (TPSA) is 127 Å². The fourth-order valence-corrected chi connectivity index (χ4v) is 4.82. The molecule has 29 heavy (non-hydrogen) atoms. The van der Waals surface area contributed by atoms with Gasteiger partial charge in [-0.15, -0.1) is 0 Å². The number of anilines is 1. The first kappa shape index (κ1) is 20.8. The number of fused-ring (bicyclic) bond motifs is 1. The number of nitrogens with one attached hydrogen (secondary N) is 2. The molecule has 0 spiro atoms. The van der Waals surface area contributed by atoms with Crippen LogP contribution in [-0.4, -0.2) is 50.4 Å². The second-order valence-corrected chi connectivity index (χ2v) is 10.2. The Balaban J connectivity index is 1.46. The molecule has 0 atom stereocenters. The lowest BCUT2D eigenvalue weighted by atomic mass is 10.4. The lowest BCUT2D eigenvalue weighted by Gasteiger charge is -2.09. The Kier molecular flexibility index (Phi) is 6.18. The predicted octanol–water partition coefficient (Wildman–Crippen LogP) is 1.06. The molecule has 0 saturated carbocycles. The van der Waals surface area contributed by atoms with E-state index in [9.17, 15) is 21.6 Å². The molecule has 9 nitrogen and oxygen atoms in total. The minimum Gasteiger partial charge on any atom is -0.355 e. The lowest BCUT2D eigenvalue weighted by molar-refractivity contribution is -0.120. The molecule has 1 aromatic carbocycles. The van der Waals surface area contributed by atoms with Gasteiger partial charge in [0.05, 0.1) is 27.6 Å². The van der Waals surface area contributed by atoms with Crippen LogP contribution in [0.1, 0.15) is 6.42 Å². The van der Waals surface area contributed by atoms with Gasteiger partial charge in [0.15, 0.2) is 9.84 Å². The third-order valence-corrected chi connectivity index (χ3v) is 7.09. The Hall–Kier alpha value is -2.92. The molecule has 0 unspecified atom stereocenters.